The van der Waals surface area contributed by atoms with Crippen LogP contribution >= 0.6 is 12.6 Å². The quantitative estimate of drug-likeness (QED) is 0.778. The van der Waals surface area contributed by atoms with Crippen molar-refractivity contribution in [3.8, 4) is 11.5 Å². The smallest absolute Gasteiger partial charge is 0.497 e. The summed E-state index contributed by atoms with van der Waals surface area (Å²) in [5.74, 6) is 0.0751. The van der Waals surface area contributed by atoms with Crippen molar-refractivity contribution in [3.05, 3.63) is 18.2 Å². The SMILES string of the molecule is COc1ccc(OC(F)(F)F)c(S)c1. The van der Waals surface area contributed by atoms with Crippen LogP contribution in [0.25, 0.3) is 0 Å². The van der Waals surface area contributed by atoms with Crippen molar-refractivity contribution in [1.82, 2.24) is 0 Å². The maximum atomic E-state index is 11.8. The number of hydrogen-bond acceptors (Lipinski definition) is 3. The molecule has 0 N–H and O–H groups in total. The molecule has 0 amide bonds. The molecule has 0 aliphatic heterocycles. The molecular formula is C8H7F3O2S. The van der Waals surface area contributed by atoms with Gasteiger partial charge in [0.05, 0.1) is 12.0 Å². The lowest BCUT2D eigenvalue weighted by atomic mass is 10.3. The zero-order valence-electron chi connectivity index (χ0n) is 7.13. The van der Waals surface area contributed by atoms with Gasteiger partial charge in [0.25, 0.3) is 0 Å². The molecule has 0 unspecified atom stereocenters. The second-order valence-electron chi connectivity index (χ2n) is 2.38. The van der Waals surface area contributed by atoms with E-state index in [1.54, 1.807) is 0 Å². The standard InChI is InChI=1S/C8H7F3O2S/c1-12-5-2-3-6(7(14)4-5)13-8(9,10)11/h2-4,14H,1H3. The van der Waals surface area contributed by atoms with Crippen molar-refractivity contribution < 1.29 is 22.6 Å². The van der Waals surface area contributed by atoms with Gasteiger partial charge < -0.3 is 9.47 Å². The number of rotatable bonds is 2. The molecule has 78 valence electrons. The first kappa shape index (κ1) is 11.0. The summed E-state index contributed by atoms with van der Waals surface area (Å²) in [6.45, 7) is 0. The average Bonchev–Trinajstić information content (AvgIpc) is 2.06. The molecule has 1 rings (SSSR count). The van der Waals surface area contributed by atoms with Gasteiger partial charge in [-0.2, -0.15) is 0 Å². The highest BCUT2D eigenvalue weighted by molar-refractivity contribution is 7.80. The molecule has 1 aromatic rings. The monoisotopic (exact) mass is 224 g/mol. The first-order valence-electron chi connectivity index (χ1n) is 3.55. The normalized spacial score (nSPS) is 11.2. The maximum absolute atomic E-state index is 11.8. The van der Waals surface area contributed by atoms with Crippen LogP contribution in [0, 0.1) is 0 Å². The lowest BCUT2D eigenvalue weighted by Gasteiger charge is -2.11. The number of benzene rings is 1. The second-order valence-corrected chi connectivity index (χ2v) is 2.86. The van der Waals surface area contributed by atoms with Gasteiger partial charge in [-0.15, -0.1) is 25.8 Å². The second kappa shape index (κ2) is 4.00. The summed E-state index contributed by atoms with van der Waals surface area (Å²) in [7, 11) is 1.41. The third-order valence-electron chi connectivity index (χ3n) is 1.39. The Bertz CT molecular complexity index is 325. The van der Waals surface area contributed by atoms with Crippen LogP contribution in [0.4, 0.5) is 13.2 Å². The van der Waals surface area contributed by atoms with Gasteiger partial charge in [0.2, 0.25) is 0 Å². The lowest BCUT2D eigenvalue weighted by Crippen LogP contribution is -2.17. The van der Waals surface area contributed by atoms with Gasteiger partial charge in [-0.25, -0.2) is 0 Å². The van der Waals surface area contributed by atoms with Gasteiger partial charge in [-0.1, -0.05) is 0 Å². The molecule has 0 aliphatic rings. The minimum atomic E-state index is -4.70. The summed E-state index contributed by atoms with van der Waals surface area (Å²) in [4.78, 5) is 0.0710. The van der Waals surface area contributed by atoms with Crippen LogP contribution in [-0.4, -0.2) is 13.5 Å². The molecule has 0 saturated carbocycles. The molecule has 0 bridgehead atoms. The van der Waals surface area contributed by atoms with E-state index >= 15 is 0 Å². The minimum Gasteiger partial charge on any atom is -0.497 e. The molecule has 14 heavy (non-hydrogen) atoms. The van der Waals surface area contributed by atoms with E-state index in [0.29, 0.717) is 5.75 Å². The van der Waals surface area contributed by atoms with Gasteiger partial charge in [0.15, 0.2) is 0 Å². The molecule has 0 heterocycles. The molecule has 1 aromatic carbocycles. The van der Waals surface area contributed by atoms with Gasteiger partial charge >= 0.3 is 6.36 Å². The number of halogens is 3. The van der Waals surface area contributed by atoms with Crippen LogP contribution in [0.2, 0.25) is 0 Å². The van der Waals surface area contributed by atoms with Crippen molar-refractivity contribution >= 4 is 12.6 Å². The Balaban J connectivity index is 2.89. The third kappa shape index (κ3) is 3.02. The van der Waals surface area contributed by atoms with Crippen LogP contribution in [0.5, 0.6) is 11.5 Å². The highest BCUT2D eigenvalue weighted by Crippen LogP contribution is 2.31. The zero-order chi connectivity index (χ0) is 10.8. The number of thiol groups is 1. The van der Waals surface area contributed by atoms with E-state index in [1.807, 2.05) is 0 Å². The number of alkyl halides is 3. The number of ether oxygens (including phenoxy) is 2. The fourth-order valence-corrected chi connectivity index (χ4v) is 1.08. The van der Waals surface area contributed by atoms with E-state index in [9.17, 15) is 13.2 Å². The Labute approximate surface area is 84.0 Å². The summed E-state index contributed by atoms with van der Waals surface area (Å²) >= 11 is 3.83. The first-order valence-corrected chi connectivity index (χ1v) is 4.00. The molecular weight excluding hydrogens is 217 g/mol. The highest BCUT2D eigenvalue weighted by atomic mass is 32.1. The van der Waals surface area contributed by atoms with Crippen LogP contribution < -0.4 is 9.47 Å². The molecule has 0 atom stereocenters. The molecule has 0 aromatic heterocycles. The van der Waals surface area contributed by atoms with Crippen molar-refractivity contribution in [2.45, 2.75) is 11.3 Å². The van der Waals surface area contributed by atoms with E-state index < -0.39 is 6.36 Å². The Hall–Kier alpha value is -1.04. The van der Waals surface area contributed by atoms with Crippen molar-refractivity contribution in [1.29, 1.82) is 0 Å². The van der Waals surface area contributed by atoms with Gasteiger partial charge in [-0.05, 0) is 18.2 Å². The molecule has 0 fully saturated rings. The van der Waals surface area contributed by atoms with Crippen LogP contribution in [0.15, 0.2) is 23.1 Å². The van der Waals surface area contributed by atoms with E-state index in [4.69, 9.17) is 4.74 Å². The average molecular weight is 224 g/mol. The topological polar surface area (TPSA) is 18.5 Å². The predicted octanol–water partition coefficient (Wildman–Crippen LogP) is 2.88. The lowest BCUT2D eigenvalue weighted by molar-refractivity contribution is -0.275. The molecule has 6 heteroatoms. The van der Waals surface area contributed by atoms with Crippen LogP contribution in [0.3, 0.4) is 0 Å². The van der Waals surface area contributed by atoms with Gasteiger partial charge in [-0.3, -0.25) is 0 Å². The molecule has 0 aliphatic carbocycles. The Morgan fingerprint density at radius 2 is 1.93 bits per heavy atom. The van der Waals surface area contributed by atoms with Gasteiger partial charge in [0.1, 0.15) is 11.5 Å². The number of methoxy groups -OCH3 is 1. The summed E-state index contributed by atoms with van der Waals surface area (Å²) in [5, 5.41) is 0. The molecule has 0 radical (unpaired) electrons. The first-order chi connectivity index (χ1) is 6.42. The van der Waals surface area contributed by atoms with Crippen LogP contribution in [0.1, 0.15) is 0 Å². The third-order valence-corrected chi connectivity index (χ3v) is 1.74. The maximum Gasteiger partial charge on any atom is 0.573 e. The van der Waals surface area contributed by atoms with E-state index in [2.05, 4.69) is 17.4 Å². The van der Waals surface area contributed by atoms with Gasteiger partial charge in [0, 0.05) is 0 Å². The van der Waals surface area contributed by atoms with Crippen LogP contribution in [-0.2, 0) is 0 Å². The fourth-order valence-electron chi connectivity index (χ4n) is 0.835. The predicted molar refractivity (Wildman–Crippen MR) is 46.9 cm³/mol. The molecule has 2 nitrogen and oxygen atoms in total. The minimum absolute atomic E-state index is 0.0710. The largest absolute Gasteiger partial charge is 0.573 e. The zero-order valence-corrected chi connectivity index (χ0v) is 8.02. The van der Waals surface area contributed by atoms with E-state index in [0.717, 1.165) is 6.07 Å². The summed E-state index contributed by atoms with van der Waals surface area (Å²) in [6, 6.07) is 3.85. The highest BCUT2D eigenvalue weighted by Gasteiger charge is 2.31. The van der Waals surface area contributed by atoms with Crippen molar-refractivity contribution in [2.75, 3.05) is 7.11 Å². The fraction of sp³-hybridized carbons (Fsp3) is 0.250. The summed E-state index contributed by atoms with van der Waals surface area (Å²) in [5.41, 5.74) is 0. The molecule has 0 spiro atoms. The Kier molecular flexibility index (Phi) is 3.15. The summed E-state index contributed by atoms with van der Waals surface area (Å²) < 4.78 is 43.9. The van der Waals surface area contributed by atoms with E-state index in [-0.39, 0.29) is 10.6 Å². The van der Waals surface area contributed by atoms with E-state index in [1.165, 1.54) is 19.2 Å². The van der Waals surface area contributed by atoms with Crippen molar-refractivity contribution in [3.63, 3.8) is 0 Å². The molecule has 0 saturated heterocycles. The Morgan fingerprint density at radius 1 is 1.29 bits per heavy atom. The van der Waals surface area contributed by atoms with Crippen molar-refractivity contribution in [2.24, 2.45) is 0 Å². The summed E-state index contributed by atoms with van der Waals surface area (Å²) in [6.07, 6.45) is -4.70. The number of hydrogen-bond donors (Lipinski definition) is 1. The Morgan fingerprint density at radius 3 is 2.36 bits per heavy atom.